The molecule has 58 valence electrons. The van der Waals surface area contributed by atoms with Crippen LogP contribution in [0.4, 0.5) is 0 Å². The van der Waals surface area contributed by atoms with Crippen molar-refractivity contribution in [2.45, 2.75) is 12.5 Å². The van der Waals surface area contributed by atoms with Crippen LogP contribution in [0, 0.1) is 20.8 Å². The van der Waals surface area contributed by atoms with Gasteiger partial charge in [-0.2, -0.15) is 0 Å². The van der Waals surface area contributed by atoms with E-state index in [4.69, 9.17) is 0 Å². The maximum atomic E-state index is 9.41. The van der Waals surface area contributed by atoms with E-state index >= 15 is 0 Å². The van der Waals surface area contributed by atoms with Gasteiger partial charge in [-0.1, -0.05) is 6.07 Å². The SMILES string of the molecule is [CH2]C([CH2])(O)c1cccnc1C. The molecule has 0 spiro atoms. The van der Waals surface area contributed by atoms with Crippen molar-refractivity contribution >= 4 is 0 Å². The summed E-state index contributed by atoms with van der Waals surface area (Å²) in [5.41, 5.74) is 0.151. The molecule has 1 rings (SSSR count). The molecule has 2 nitrogen and oxygen atoms in total. The Labute approximate surface area is 66.9 Å². The van der Waals surface area contributed by atoms with Crippen molar-refractivity contribution in [2.24, 2.45) is 0 Å². The zero-order valence-corrected chi connectivity index (χ0v) is 6.54. The molecule has 1 heterocycles. The summed E-state index contributed by atoms with van der Waals surface area (Å²) in [6.07, 6.45) is 1.67. The van der Waals surface area contributed by atoms with Gasteiger partial charge in [0.05, 0.1) is 5.60 Å². The molecule has 2 heteroatoms. The number of hydrogen-bond donors (Lipinski definition) is 1. The van der Waals surface area contributed by atoms with Crippen molar-refractivity contribution in [3.8, 4) is 0 Å². The lowest BCUT2D eigenvalue weighted by molar-refractivity contribution is 0.136. The Balaban J connectivity index is 3.14. The maximum Gasteiger partial charge on any atom is 0.0916 e. The number of nitrogens with zero attached hydrogens (tertiary/aromatic N) is 1. The fourth-order valence-corrected chi connectivity index (χ4v) is 0.976. The van der Waals surface area contributed by atoms with Crippen LogP contribution in [0.3, 0.4) is 0 Å². The third-order valence-corrected chi connectivity index (χ3v) is 1.51. The molecule has 0 fully saturated rings. The fraction of sp³-hybridized carbons (Fsp3) is 0.222. The molecule has 0 bridgehead atoms. The fourth-order valence-electron chi connectivity index (χ4n) is 0.976. The lowest BCUT2D eigenvalue weighted by Gasteiger charge is -2.18. The first-order chi connectivity index (χ1) is 5.02. The molecule has 2 radical (unpaired) electrons. The van der Waals surface area contributed by atoms with Gasteiger partial charge in [-0.25, -0.2) is 0 Å². The average Bonchev–Trinajstić information content (AvgIpc) is 1.86. The molecule has 1 aromatic rings. The Kier molecular flexibility index (Phi) is 1.96. The van der Waals surface area contributed by atoms with E-state index in [0.717, 1.165) is 5.69 Å². The van der Waals surface area contributed by atoms with E-state index in [1.54, 1.807) is 18.3 Å². The molecule has 1 aromatic heterocycles. The van der Waals surface area contributed by atoms with E-state index in [-0.39, 0.29) is 0 Å². The molecular formula is C9H11NO. The molecule has 0 saturated heterocycles. The van der Waals surface area contributed by atoms with Crippen molar-refractivity contribution in [3.05, 3.63) is 43.4 Å². The zero-order chi connectivity index (χ0) is 8.48. The van der Waals surface area contributed by atoms with Gasteiger partial charge in [0, 0.05) is 17.5 Å². The Bertz CT molecular complexity index is 250. The van der Waals surface area contributed by atoms with E-state index in [2.05, 4.69) is 18.8 Å². The third-order valence-electron chi connectivity index (χ3n) is 1.51. The van der Waals surface area contributed by atoms with Gasteiger partial charge < -0.3 is 5.11 Å². The number of rotatable bonds is 1. The summed E-state index contributed by atoms with van der Waals surface area (Å²) in [7, 11) is 0. The van der Waals surface area contributed by atoms with Crippen LogP contribution in [0.2, 0.25) is 0 Å². The number of aryl methyl sites for hydroxylation is 1. The van der Waals surface area contributed by atoms with E-state index < -0.39 is 5.60 Å². The van der Waals surface area contributed by atoms with Crippen LogP contribution >= 0.6 is 0 Å². The topological polar surface area (TPSA) is 33.1 Å². The first-order valence-corrected chi connectivity index (χ1v) is 3.37. The Morgan fingerprint density at radius 3 is 2.55 bits per heavy atom. The molecule has 0 saturated carbocycles. The summed E-state index contributed by atoms with van der Waals surface area (Å²) in [4.78, 5) is 4.01. The zero-order valence-electron chi connectivity index (χ0n) is 6.54. The predicted molar refractivity (Wildman–Crippen MR) is 43.6 cm³/mol. The second-order valence-corrected chi connectivity index (χ2v) is 2.67. The molecule has 0 unspecified atom stereocenters. The minimum Gasteiger partial charge on any atom is -0.385 e. The minimum absolute atomic E-state index is 0.667. The molecule has 0 atom stereocenters. The summed E-state index contributed by atoms with van der Waals surface area (Å²) in [6.45, 7) is 8.83. The molecular weight excluding hydrogens is 138 g/mol. The number of aliphatic hydroxyl groups is 1. The second kappa shape index (κ2) is 2.62. The Hall–Kier alpha value is -0.890. The van der Waals surface area contributed by atoms with E-state index in [1.807, 2.05) is 6.92 Å². The van der Waals surface area contributed by atoms with Gasteiger partial charge in [0.2, 0.25) is 0 Å². The summed E-state index contributed by atoms with van der Waals surface area (Å²) < 4.78 is 0. The molecule has 1 N–H and O–H groups in total. The molecule has 11 heavy (non-hydrogen) atoms. The van der Waals surface area contributed by atoms with Crippen molar-refractivity contribution < 1.29 is 5.11 Å². The van der Waals surface area contributed by atoms with Crippen LogP contribution in [0.5, 0.6) is 0 Å². The van der Waals surface area contributed by atoms with Gasteiger partial charge in [0.25, 0.3) is 0 Å². The van der Waals surface area contributed by atoms with Crippen LogP contribution in [-0.2, 0) is 5.60 Å². The van der Waals surface area contributed by atoms with Gasteiger partial charge in [-0.05, 0) is 26.8 Å². The van der Waals surface area contributed by atoms with Crippen molar-refractivity contribution in [3.63, 3.8) is 0 Å². The quantitative estimate of drug-likeness (QED) is 0.651. The van der Waals surface area contributed by atoms with Gasteiger partial charge in [-0.15, -0.1) is 0 Å². The van der Waals surface area contributed by atoms with Crippen LogP contribution in [0.15, 0.2) is 18.3 Å². The molecule has 0 amide bonds. The van der Waals surface area contributed by atoms with Crippen LogP contribution in [0.25, 0.3) is 0 Å². The minimum atomic E-state index is -1.28. The highest BCUT2D eigenvalue weighted by molar-refractivity contribution is 5.27. The van der Waals surface area contributed by atoms with Gasteiger partial charge in [0.15, 0.2) is 0 Å². The first kappa shape index (κ1) is 8.21. The number of pyridine rings is 1. The summed E-state index contributed by atoms with van der Waals surface area (Å²) >= 11 is 0. The van der Waals surface area contributed by atoms with Crippen LogP contribution < -0.4 is 0 Å². The second-order valence-electron chi connectivity index (χ2n) is 2.67. The van der Waals surface area contributed by atoms with Crippen LogP contribution in [0.1, 0.15) is 11.3 Å². The average molecular weight is 149 g/mol. The first-order valence-electron chi connectivity index (χ1n) is 3.37. The van der Waals surface area contributed by atoms with E-state index in [1.165, 1.54) is 0 Å². The lowest BCUT2D eigenvalue weighted by Crippen LogP contribution is -2.18. The largest absolute Gasteiger partial charge is 0.385 e. The predicted octanol–water partition coefficient (Wildman–Crippen LogP) is 1.25. The third kappa shape index (κ3) is 1.77. The lowest BCUT2D eigenvalue weighted by atomic mass is 9.97. The number of hydrogen-bond acceptors (Lipinski definition) is 2. The highest BCUT2D eigenvalue weighted by Crippen LogP contribution is 2.19. The summed E-state index contributed by atoms with van der Waals surface area (Å²) in [6, 6.07) is 3.52. The maximum absolute atomic E-state index is 9.41. The van der Waals surface area contributed by atoms with Gasteiger partial charge >= 0.3 is 0 Å². The summed E-state index contributed by atoms with van der Waals surface area (Å²) in [5, 5.41) is 9.41. The highest BCUT2D eigenvalue weighted by Gasteiger charge is 2.18. The molecule has 0 aliphatic heterocycles. The van der Waals surface area contributed by atoms with Crippen molar-refractivity contribution in [1.29, 1.82) is 0 Å². The van der Waals surface area contributed by atoms with Gasteiger partial charge in [0.1, 0.15) is 0 Å². The number of aromatic nitrogens is 1. The van der Waals surface area contributed by atoms with E-state index in [0.29, 0.717) is 5.56 Å². The smallest absolute Gasteiger partial charge is 0.0916 e. The van der Waals surface area contributed by atoms with Crippen molar-refractivity contribution in [1.82, 2.24) is 4.98 Å². The molecule has 0 aliphatic rings. The molecule has 0 aliphatic carbocycles. The Morgan fingerprint density at radius 2 is 2.18 bits per heavy atom. The van der Waals surface area contributed by atoms with E-state index in [9.17, 15) is 5.11 Å². The highest BCUT2D eigenvalue weighted by atomic mass is 16.3. The molecule has 0 aromatic carbocycles. The van der Waals surface area contributed by atoms with Gasteiger partial charge in [-0.3, -0.25) is 4.98 Å². The monoisotopic (exact) mass is 149 g/mol. The Morgan fingerprint density at radius 1 is 1.55 bits per heavy atom. The van der Waals surface area contributed by atoms with Crippen molar-refractivity contribution in [2.75, 3.05) is 0 Å². The van der Waals surface area contributed by atoms with Crippen LogP contribution in [-0.4, -0.2) is 10.1 Å². The normalized spacial score (nSPS) is 11.6. The standard InChI is InChI=1S/C9H11NO/c1-7-8(9(2,3)11)5-4-6-10-7/h4-6,11H,2-3H2,1H3. The summed E-state index contributed by atoms with van der Waals surface area (Å²) in [5.74, 6) is 0.